The summed E-state index contributed by atoms with van der Waals surface area (Å²) in [6, 6.07) is 2.71. The number of thiol groups is 1. The molecule has 0 bridgehead atoms. The number of pyridine rings is 1. The van der Waals surface area contributed by atoms with Crippen LogP contribution in [0.2, 0.25) is 0 Å². The third kappa shape index (κ3) is 6.54. The number of hydrogen-bond acceptors (Lipinski definition) is 6. The van der Waals surface area contributed by atoms with E-state index in [1.807, 2.05) is 0 Å². The van der Waals surface area contributed by atoms with Crippen LogP contribution in [0.25, 0.3) is 0 Å². The standard InChI is InChI=1S/C6H6N2O.C4H9NO2S/c7-6(9)5-2-1-3-8-4-5;1-7-4(6)3(5)2-8/h1-4H,(H2,7,9);3,8H,2,5H2,1H3. The first-order valence-electron chi connectivity index (χ1n) is 4.67. The quantitative estimate of drug-likeness (QED) is 0.504. The Morgan fingerprint density at radius 1 is 1.59 bits per heavy atom. The molecule has 1 aromatic rings. The zero-order chi connectivity index (χ0) is 13.3. The Balaban J connectivity index is 0.000000304. The molecule has 17 heavy (non-hydrogen) atoms. The molecule has 0 aliphatic heterocycles. The van der Waals surface area contributed by atoms with Crippen LogP contribution in [0.5, 0.6) is 0 Å². The fraction of sp³-hybridized carbons (Fsp3) is 0.300. The van der Waals surface area contributed by atoms with Crippen molar-refractivity contribution >= 4 is 24.5 Å². The Labute approximate surface area is 105 Å². The molecule has 0 radical (unpaired) electrons. The van der Waals surface area contributed by atoms with Crippen molar-refractivity contribution in [2.75, 3.05) is 12.9 Å². The summed E-state index contributed by atoms with van der Waals surface area (Å²) >= 11 is 3.78. The Morgan fingerprint density at radius 2 is 2.24 bits per heavy atom. The number of carbonyl (C=O) groups excluding carboxylic acids is 2. The highest BCUT2D eigenvalue weighted by atomic mass is 32.1. The van der Waals surface area contributed by atoms with Gasteiger partial charge in [0.05, 0.1) is 12.7 Å². The van der Waals surface area contributed by atoms with Gasteiger partial charge in [0.1, 0.15) is 6.04 Å². The van der Waals surface area contributed by atoms with Crippen molar-refractivity contribution in [2.24, 2.45) is 11.5 Å². The van der Waals surface area contributed by atoms with Crippen molar-refractivity contribution in [1.82, 2.24) is 4.98 Å². The first-order chi connectivity index (χ1) is 8.02. The summed E-state index contributed by atoms with van der Waals surface area (Å²) in [5.74, 6) is -0.532. The lowest BCUT2D eigenvalue weighted by molar-refractivity contribution is -0.141. The number of nitrogens with two attached hydrogens (primary N) is 2. The average molecular weight is 257 g/mol. The third-order valence-corrected chi connectivity index (χ3v) is 2.04. The molecule has 0 fully saturated rings. The van der Waals surface area contributed by atoms with Gasteiger partial charge in [-0.05, 0) is 12.1 Å². The van der Waals surface area contributed by atoms with E-state index >= 15 is 0 Å². The summed E-state index contributed by atoms with van der Waals surface area (Å²) in [6.45, 7) is 0. The normalized spacial score (nSPS) is 10.8. The summed E-state index contributed by atoms with van der Waals surface area (Å²) in [4.78, 5) is 24.4. The molecule has 1 amide bonds. The van der Waals surface area contributed by atoms with Gasteiger partial charge >= 0.3 is 5.97 Å². The number of primary amides is 1. The van der Waals surface area contributed by atoms with E-state index in [2.05, 4.69) is 22.3 Å². The number of amides is 1. The van der Waals surface area contributed by atoms with E-state index in [1.165, 1.54) is 13.3 Å². The molecule has 0 aliphatic carbocycles. The van der Waals surface area contributed by atoms with Crippen LogP contribution in [0.1, 0.15) is 10.4 Å². The summed E-state index contributed by atoms with van der Waals surface area (Å²) in [7, 11) is 1.30. The smallest absolute Gasteiger partial charge is 0.323 e. The summed E-state index contributed by atoms with van der Waals surface area (Å²) in [5, 5.41) is 0. The number of rotatable bonds is 3. The summed E-state index contributed by atoms with van der Waals surface area (Å²) < 4.78 is 4.29. The van der Waals surface area contributed by atoms with Gasteiger partial charge < -0.3 is 16.2 Å². The maximum atomic E-state index is 10.4. The minimum Gasteiger partial charge on any atom is -0.468 e. The largest absolute Gasteiger partial charge is 0.468 e. The second-order valence-electron chi connectivity index (χ2n) is 2.92. The fourth-order valence-corrected chi connectivity index (χ4v) is 0.883. The SMILES string of the molecule is COC(=O)C(N)CS.NC(=O)c1cccnc1. The van der Waals surface area contributed by atoms with E-state index < -0.39 is 17.9 Å². The lowest BCUT2D eigenvalue weighted by Crippen LogP contribution is -2.32. The van der Waals surface area contributed by atoms with E-state index in [9.17, 15) is 9.59 Å². The Hall–Kier alpha value is -1.60. The van der Waals surface area contributed by atoms with E-state index in [1.54, 1.807) is 18.3 Å². The van der Waals surface area contributed by atoms with Gasteiger partial charge in [0.15, 0.2) is 0 Å². The molecule has 0 aliphatic rings. The molecule has 0 saturated carbocycles. The molecule has 1 rings (SSSR count). The number of hydrogen-bond donors (Lipinski definition) is 3. The Bertz CT molecular complexity index is 359. The molecule has 1 unspecified atom stereocenters. The molecule has 94 valence electrons. The van der Waals surface area contributed by atoms with Crippen LogP contribution in [-0.2, 0) is 9.53 Å². The minimum absolute atomic E-state index is 0.326. The van der Waals surface area contributed by atoms with Crippen LogP contribution in [0, 0.1) is 0 Å². The predicted molar refractivity (Wildman–Crippen MR) is 66.6 cm³/mol. The minimum atomic E-state index is -0.580. The van der Waals surface area contributed by atoms with Crippen LogP contribution in [-0.4, -0.2) is 35.8 Å². The van der Waals surface area contributed by atoms with Crippen LogP contribution in [0.15, 0.2) is 24.5 Å². The highest BCUT2D eigenvalue weighted by molar-refractivity contribution is 7.80. The number of carbonyl (C=O) groups is 2. The van der Waals surface area contributed by atoms with Crippen molar-refractivity contribution in [3.63, 3.8) is 0 Å². The zero-order valence-corrected chi connectivity index (χ0v) is 10.3. The number of ether oxygens (including phenoxy) is 1. The molecule has 0 spiro atoms. The maximum Gasteiger partial charge on any atom is 0.323 e. The Morgan fingerprint density at radius 3 is 2.47 bits per heavy atom. The molecule has 7 heteroatoms. The van der Waals surface area contributed by atoms with Crippen LogP contribution >= 0.6 is 12.6 Å². The summed E-state index contributed by atoms with van der Waals surface area (Å²) in [5.41, 5.74) is 10.6. The molecular formula is C10H15N3O3S. The van der Waals surface area contributed by atoms with Gasteiger partial charge in [-0.1, -0.05) is 0 Å². The van der Waals surface area contributed by atoms with Crippen molar-refractivity contribution in [2.45, 2.75) is 6.04 Å². The van der Waals surface area contributed by atoms with E-state index in [4.69, 9.17) is 11.5 Å². The average Bonchev–Trinajstić information content (AvgIpc) is 2.38. The highest BCUT2D eigenvalue weighted by Gasteiger charge is 2.09. The monoisotopic (exact) mass is 257 g/mol. The van der Waals surface area contributed by atoms with Crippen LogP contribution in [0.3, 0.4) is 0 Å². The van der Waals surface area contributed by atoms with Crippen molar-refractivity contribution in [3.05, 3.63) is 30.1 Å². The number of esters is 1. The van der Waals surface area contributed by atoms with Crippen LogP contribution < -0.4 is 11.5 Å². The number of methoxy groups -OCH3 is 1. The molecule has 0 aromatic carbocycles. The van der Waals surface area contributed by atoms with Gasteiger partial charge in [0.25, 0.3) is 0 Å². The lowest BCUT2D eigenvalue weighted by Gasteiger charge is -2.02. The van der Waals surface area contributed by atoms with Gasteiger partial charge in [0.2, 0.25) is 5.91 Å². The molecular weight excluding hydrogens is 242 g/mol. The molecule has 1 heterocycles. The van der Waals surface area contributed by atoms with E-state index in [0.29, 0.717) is 11.3 Å². The molecule has 0 saturated heterocycles. The summed E-state index contributed by atoms with van der Waals surface area (Å²) in [6.07, 6.45) is 3.02. The highest BCUT2D eigenvalue weighted by Crippen LogP contribution is 1.91. The molecule has 6 nitrogen and oxygen atoms in total. The lowest BCUT2D eigenvalue weighted by atomic mass is 10.3. The van der Waals surface area contributed by atoms with Gasteiger partial charge in [-0.3, -0.25) is 14.6 Å². The van der Waals surface area contributed by atoms with Crippen LogP contribution in [0.4, 0.5) is 0 Å². The topological polar surface area (TPSA) is 108 Å². The number of aromatic nitrogens is 1. The molecule has 1 atom stereocenters. The van der Waals surface area contributed by atoms with Gasteiger partial charge in [-0.2, -0.15) is 12.6 Å². The molecule has 1 aromatic heterocycles. The first-order valence-corrected chi connectivity index (χ1v) is 5.30. The van der Waals surface area contributed by atoms with Crippen molar-refractivity contribution < 1.29 is 14.3 Å². The fourth-order valence-electron chi connectivity index (χ4n) is 0.734. The molecule has 4 N–H and O–H groups in total. The third-order valence-electron chi connectivity index (χ3n) is 1.65. The first kappa shape index (κ1) is 15.4. The van der Waals surface area contributed by atoms with Gasteiger partial charge in [-0.15, -0.1) is 0 Å². The second-order valence-corrected chi connectivity index (χ2v) is 3.28. The van der Waals surface area contributed by atoms with E-state index in [-0.39, 0.29) is 0 Å². The van der Waals surface area contributed by atoms with Crippen molar-refractivity contribution in [1.29, 1.82) is 0 Å². The van der Waals surface area contributed by atoms with E-state index in [0.717, 1.165) is 0 Å². The zero-order valence-electron chi connectivity index (χ0n) is 9.37. The predicted octanol–water partition coefficient (Wildman–Crippen LogP) is -0.403. The maximum absolute atomic E-state index is 10.4. The number of nitrogens with zero attached hydrogens (tertiary/aromatic N) is 1. The van der Waals surface area contributed by atoms with Crippen molar-refractivity contribution in [3.8, 4) is 0 Å². The van der Waals surface area contributed by atoms with Gasteiger partial charge in [-0.25, -0.2) is 0 Å². The second kappa shape index (κ2) is 8.54. The van der Waals surface area contributed by atoms with Gasteiger partial charge in [0, 0.05) is 18.1 Å². The Kier molecular flexibility index (Phi) is 7.74.